The summed E-state index contributed by atoms with van der Waals surface area (Å²) < 4.78 is 19.2. The van der Waals surface area contributed by atoms with Gasteiger partial charge in [0.25, 0.3) is 0 Å². The van der Waals surface area contributed by atoms with Gasteiger partial charge in [-0.2, -0.15) is 0 Å². The molecule has 0 saturated heterocycles. The predicted molar refractivity (Wildman–Crippen MR) is 74.4 cm³/mol. The number of carbonyl (C=O) groups is 1. The van der Waals surface area contributed by atoms with E-state index >= 15 is 0 Å². The highest BCUT2D eigenvalue weighted by atomic mass is 32.1. The first-order valence-corrected chi connectivity index (χ1v) is 6.92. The van der Waals surface area contributed by atoms with E-state index in [1.807, 2.05) is 6.07 Å². The van der Waals surface area contributed by atoms with Crippen molar-refractivity contribution < 1.29 is 13.9 Å². The van der Waals surface area contributed by atoms with Gasteiger partial charge in [0, 0.05) is 15.3 Å². The lowest BCUT2D eigenvalue weighted by Crippen LogP contribution is -1.98. The van der Waals surface area contributed by atoms with Crippen LogP contribution in [0.3, 0.4) is 0 Å². The Morgan fingerprint density at radius 1 is 1.26 bits per heavy atom. The van der Waals surface area contributed by atoms with Crippen LogP contribution in [0.15, 0.2) is 30.3 Å². The number of benzene rings is 1. The largest absolute Gasteiger partial charge is 0.485 e. The van der Waals surface area contributed by atoms with Crippen LogP contribution >= 0.6 is 11.3 Å². The Morgan fingerprint density at radius 2 is 2.00 bits per heavy atom. The van der Waals surface area contributed by atoms with E-state index in [4.69, 9.17) is 4.74 Å². The highest BCUT2D eigenvalue weighted by molar-refractivity contribution is 7.11. The minimum atomic E-state index is -0.500. The molecular weight excluding hydrogens is 263 g/mol. The van der Waals surface area contributed by atoms with Gasteiger partial charge in [0.1, 0.15) is 6.61 Å². The number of hydrogen-bond donors (Lipinski definition) is 0. The first-order valence-electron chi connectivity index (χ1n) is 6.11. The summed E-state index contributed by atoms with van der Waals surface area (Å²) in [5.74, 6) is -0.479. The molecule has 1 aromatic carbocycles. The number of Topliss-reactive ketones (excluding diaryl/α,β-unsaturated/α-hetero) is 1. The van der Waals surface area contributed by atoms with E-state index in [1.54, 1.807) is 17.4 Å². The first kappa shape index (κ1) is 13.7. The zero-order chi connectivity index (χ0) is 13.8. The van der Waals surface area contributed by atoms with Gasteiger partial charge in [-0.05, 0) is 43.7 Å². The second-order valence-electron chi connectivity index (χ2n) is 4.21. The third-order valence-electron chi connectivity index (χ3n) is 2.77. The van der Waals surface area contributed by atoms with Gasteiger partial charge >= 0.3 is 0 Å². The second kappa shape index (κ2) is 5.97. The van der Waals surface area contributed by atoms with E-state index in [0.29, 0.717) is 12.2 Å². The Kier molecular flexibility index (Phi) is 4.32. The number of rotatable bonds is 5. The quantitative estimate of drug-likeness (QED) is 0.765. The molecule has 0 radical (unpaired) electrons. The number of ether oxygens (including phenoxy) is 1. The molecule has 0 spiro atoms. The van der Waals surface area contributed by atoms with Crippen molar-refractivity contribution in [1.29, 1.82) is 0 Å². The van der Waals surface area contributed by atoms with Crippen LogP contribution in [0.5, 0.6) is 5.75 Å². The Labute approximate surface area is 115 Å². The number of hydrogen-bond acceptors (Lipinski definition) is 3. The van der Waals surface area contributed by atoms with Crippen LogP contribution in [0.4, 0.5) is 4.39 Å². The van der Waals surface area contributed by atoms with E-state index in [9.17, 15) is 9.18 Å². The zero-order valence-electron chi connectivity index (χ0n) is 10.9. The lowest BCUT2D eigenvalue weighted by molar-refractivity contribution is 0.101. The minimum Gasteiger partial charge on any atom is -0.485 e. The molecule has 2 aromatic rings. The van der Waals surface area contributed by atoms with Crippen LogP contribution in [-0.2, 0) is 13.0 Å². The molecule has 0 aliphatic rings. The summed E-state index contributed by atoms with van der Waals surface area (Å²) in [7, 11) is 0. The van der Waals surface area contributed by atoms with Crippen molar-refractivity contribution in [3.8, 4) is 5.75 Å². The van der Waals surface area contributed by atoms with Gasteiger partial charge in [-0.25, -0.2) is 4.39 Å². The van der Waals surface area contributed by atoms with Crippen molar-refractivity contribution in [2.24, 2.45) is 0 Å². The summed E-state index contributed by atoms with van der Waals surface area (Å²) >= 11 is 1.66. The van der Waals surface area contributed by atoms with Crippen LogP contribution in [-0.4, -0.2) is 5.78 Å². The van der Waals surface area contributed by atoms with Crippen molar-refractivity contribution in [2.45, 2.75) is 26.9 Å². The summed E-state index contributed by atoms with van der Waals surface area (Å²) in [5.41, 5.74) is 0.356. The Bertz CT molecular complexity index is 590. The molecule has 100 valence electrons. The molecule has 19 heavy (non-hydrogen) atoms. The smallest absolute Gasteiger partial charge is 0.165 e. The SMILES string of the molecule is CCc1ccc(COc2ccc(C(C)=O)cc2F)s1. The lowest BCUT2D eigenvalue weighted by Gasteiger charge is -2.06. The summed E-state index contributed by atoms with van der Waals surface area (Å²) in [6.07, 6.45) is 0.992. The summed E-state index contributed by atoms with van der Waals surface area (Å²) in [4.78, 5) is 13.5. The molecule has 2 nitrogen and oxygen atoms in total. The molecule has 0 N–H and O–H groups in total. The molecule has 0 fully saturated rings. The summed E-state index contributed by atoms with van der Waals surface area (Å²) in [5, 5.41) is 0. The second-order valence-corrected chi connectivity index (χ2v) is 5.46. The van der Waals surface area contributed by atoms with Crippen molar-refractivity contribution in [3.63, 3.8) is 0 Å². The maximum absolute atomic E-state index is 13.7. The fourth-order valence-corrected chi connectivity index (χ4v) is 2.55. The minimum absolute atomic E-state index is 0.156. The maximum Gasteiger partial charge on any atom is 0.165 e. The standard InChI is InChI=1S/C15H15FO2S/c1-3-12-5-6-13(19-12)9-18-15-7-4-11(10(2)17)8-14(15)16/h4-8H,3,9H2,1-2H3. The van der Waals surface area contributed by atoms with Gasteiger partial charge in [-0.3, -0.25) is 4.79 Å². The van der Waals surface area contributed by atoms with Crippen LogP contribution in [0.2, 0.25) is 0 Å². The number of halogens is 1. The van der Waals surface area contributed by atoms with Crippen molar-refractivity contribution in [2.75, 3.05) is 0 Å². The van der Waals surface area contributed by atoms with Crippen LogP contribution in [0.1, 0.15) is 34.0 Å². The van der Waals surface area contributed by atoms with Crippen LogP contribution in [0, 0.1) is 5.82 Å². The Hall–Kier alpha value is -1.68. The molecule has 1 aromatic heterocycles. The summed E-state index contributed by atoms with van der Waals surface area (Å²) in [6, 6.07) is 8.33. The topological polar surface area (TPSA) is 26.3 Å². The van der Waals surface area contributed by atoms with E-state index in [1.165, 1.54) is 23.9 Å². The van der Waals surface area contributed by atoms with Gasteiger partial charge in [0.05, 0.1) is 0 Å². The average molecular weight is 278 g/mol. The van der Waals surface area contributed by atoms with Crippen molar-refractivity contribution in [1.82, 2.24) is 0 Å². The number of ketones is 1. The van der Waals surface area contributed by atoms with Gasteiger partial charge in [-0.1, -0.05) is 6.92 Å². The predicted octanol–water partition coefficient (Wildman–Crippen LogP) is 4.23. The van der Waals surface area contributed by atoms with E-state index in [0.717, 1.165) is 11.3 Å². The number of carbonyl (C=O) groups excluding carboxylic acids is 1. The summed E-state index contributed by atoms with van der Waals surface area (Å²) in [6.45, 7) is 3.85. The van der Waals surface area contributed by atoms with Crippen LogP contribution in [0.25, 0.3) is 0 Å². The highest BCUT2D eigenvalue weighted by Gasteiger charge is 2.08. The highest BCUT2D eigenvalue weighted by Crippen LogP contribution is 2.22. The third-order valence-corrected chi connectivity index (χ3v) is 3.98. The molecule has 4 heteroatoms. The van der Waals surface area contributed by atoms with E-state index in [-0.39, 0.29) is 11.5 Å². The van der Waals surface area contributed by atoms with Crippen LogP contribution < -0.4 is 4.74 Å². The molecule has 0 unspecified atom stereocenters. The first-order chi connectivity index (χ1) is 9.10. The molecule has 2 rings (SSSR count). The van der Waals surface area contributed by atoms with Gasteiger partial charge in [0.2, 0.25) is 0 Å². The van der Waals surface area contributed by atoms with Gasteiger partial charge in [-0.15, -0.1) is 11.3 Å². The molecule has 1 heterocycles. The fourth-order valence-electron chi connectivity index (χ4n) is 1.68. The average Bonchev–Trinajstić information content (AvgIpc) is 2.85. The van der Waals surface area contributed by atoms with E-state index < -0.39 is 5.82 Å². The number of aryl methyl sites for hydroxylation is 1. The molecule has 0 aliphatic carbocycles. The molecule has 0 aliphatic heterocycles. The van der Waals surface area contributed by atoms with Crippen molar-refractivity contribution in [3.05, 3.63) is 51.5 Å². The third kappa shape index (κ3) is 3.41. The fraction of sp³-hybridized carbons (Fsp3) is 0.267. The monoisotopic (exact) mass is 278 g/mol. The Morgan fingerprint density at radius 3 is 2.58 bits per heavy atom. The van der Waals surface area contributed by atoms with E-state index in [2.05, 4.69) is 13.0 Å². The van der Waals surface area contributed by atoms with Gasteiger partial charge in [0.15, 0.2) is 17.3 Å². The molecular formula is C15H15FO2S. The number of thiophene rings is 1. The molecule has 0 bridgehead atoms. The maximum atomic E-state index is 13.7. The lowest BCUT2D eigenvalue weighted by atomic mass is 10.1. The normalized spacial score (nSPS) is 10.5. The molecule has 0 atom stereocenters. The van der Waals surface area contributed by atoms with Crippen molar-refractivity contribution >= 4 is 17.1 Å². The molecule has 0 amide bonds. The zero-order valence-corrected chi connectivity index (χ0v) is 11.7. The molecule has 0 saturated carbocycles. The van der Waals surface area contributed by atoms with Gasteiger partial charge < -0.3 is 4.74 Å². The Balaban J connectivity index is 2.05.